The molecule has 2 saturated heterocycles. The summed E-state index contributed by atoms with van der Waals surface area (Å²) in [5.41, 5.74) is -0.590. The number of nitrogens with one attached hydrogen (secondary N) is 2. The molecule has 0 bridgehead atoms. The Hall–Kier alpha value is -1.60. The molecule has 1 unspecified atom stereocenters. The second kappa shape index (κ2) is 7.98. The molecular weight excluding hydrogens is 330 g/mol. The zero-order valence-electron chi connectivity index (χ0n) is 14.0. The first-order valence-corrected chi connectivity index (χ1v) is 8.39. The average Bonchev–Trinajstić information content (AvgIpc) is 3.09. The second-order valence-electron chi connectivity index (χ2n) is 6.52. The SMILES string of the molecule is CC(=O)NC1CCCN(C(=O)C2(n3cccn3)CCNCC2)C1.Cl. The van der Waals surface area contributed by atoms with Crippen LogP contribution in [0, 0.1) is 0 Å². The monoisotopic (exact) mass is 355 g/mol. The highest BCUT2D eigenvalue weighted by Gasteiger charge is 2.45. The van der Waals surface area contributed by atoms with Crippen molar-refractivity contribution >= 4 is 24.2 Å². The van der Waals surface area contributed by atoms with Crippen molar-refractivity contribution in [3.05, 3.63) is 18.5 Å². The molecule has 1 aromatic heterocycles. The van der Waals surface area contributed by atoms with Gasteiger partial charge >= 0.3 is 0 Å². The number of aromatic nitrogens is 2. The lowest BCUT2D eigenvalue weighted by atomic mass is 9.86. The number of hydrogen-bond acceptors (Lipinski definition) is 4. The van der Waals surface area contributed by atoms with E-state index >= 15 is 0 Å². The summed E-state index contributed by atoms with van der Waals surface area (Å²) in [6.07, 6.45) is 6.96. The van der Waals surface area contributed by atoms with E-state index in [1.54, 1.807) is 6.20 Å². The highest BCUT2D eigenvalue weighted by Crippen LogP contribution is 2.30. The predicted molar refractivity (Wildman–Crippen MR) is 93.0 cm³/mol. The Labute approximate surface area is 148 Å². The van der Waals surface area contributed by atoms with Crippen LogP contribution < -0.4 is 10.6 Å². The third-order valence-corrected chi connectivity index (χ3v) is 4.89. The average molecular weight is 356 g/mol. The van der Waals surface area contributed by atoms with Crippen LogP contribution in [0.25, 0.3) is 0 Å². The molecular formula is C16H26ClN5O2. The van der Waals surface area contributed by atoms with Crippen LogP contribution >= 0.6 is 12.4 Å². The normalized spacial score (nSPS) is 23.2. The second-order valence-corrected chi connectivity index (χ2v) is 6.52. The molecule has 3 heterocycles. The van der Waals surface area contributed by atoms with E-state index in [4.69, 9.17) is 0 Å². The summed E-state index contributed by atoms with van der Waals surface area (Å²) in [7, 11) is 0. The van der Waals surface area contributed by atoms with Crippen LogP contribution in [-0.4, -0.2) is 58.7 Å². The number of nitrogens with zero attached hydrogens (tertiary/aromatic N) is 3. The zero-order chi connectivity index (χ0) is 16.3. The summed E-state index contributed by atoms with van der Waals surface area (Å²) in [4.78, 5) is 26.5. The fraction of sp³-hybridized carbons (Fsp3) is 0.688. The Balaban J connectivity index is 0.00000208. The Bertz CT molecular complexity index is 557. The van der Waals surface area contributed by atoms with Gasteiger partial charge in [-0.3, -0.25) is 14.3 Å². The van der Waals surface area contributed by atoms with E-state index in [2.05, 4.69) is 15.7 Å². The van der Waals surface area contributed by atoms with Crippen LogP contribution in [0.4, 0.5) is 0 Å². The first-order valence-electron chi connectivity index (χ1n) is 8.39. The number of likely N-dealkylation sites (tertiary alicyclic amines) is 1. The van der Waals surface area contributed by atoms with E-state index in [1.165, 1.54) is 6.92 Å². The Morgan fingerprint density at radius 2 is 2.08 bits per heavy atom. The minimum atomic E-state index is -0.590. The van der Waals surface area contributed by atoms with Crippen LogP contribution in [-0.2, 0) is 15.1 Å². The van der Waals surface area contributed by atoms with Gasteiger partial charge in [-0.1, -0.05) is 0 Å². The van der Waals surface area contributed by atoms with E-state index in [0.29, 0.717) is 6.54 Å². The molecule has 2 aliphatic heterocycles. The number of amides is 2. The van der Waals surface area contributed by atoms with Crippen LogP contribution in [0.15, 0.2) is 18.5 Å². The molecule has 0 radical (unpaired) electrons. The van der Waals surface area contributed by atoms with Crippen molar-refractivity contribution in [3.8, 4) is 0 Å². The maximum Gasteiger partial charge on any atom is 0.250 e. The largest absolute Gasteiger partial charge is 0.352 e. The summed E-state index contributed by atoms with van der Waals surface area (Å²) >= 11 is 0. The van der Waals surface area contributed by atoms with E-state index in [-0.39, 0.29) is 30.3 Å². The Kier molecular flexibility index (Phi) is 6.23. The molecule has 24 heavy (non-hydrogen) atoms. The van der Waals surface area contributed by atoms with Crippen molar-refractivity contribution in [3.63, 3.8) is 0 Å². The molecule has 0 saturated carbocycles. The number of carbonyl (C=O) groups is 2. The van der Waals surface area contributed by atoms with Crippen molar-refractivity contribution in [2.45, 2.75) is 44.2 Å². The standard InChI is InChI=1S/C16H25N5O2.ClH/c1-13(22)19-14-4-2-10-20(12-14)15(23)16(5-8-17-9-6-16)21-11-3-7-18-21;/h3,7,11,14,17H,2,4-6,8-10,12H2,1H3,(H,19,22);1H. The molecule has 8 heteroatoms. The summed E-state index contributed by atoms with van der Waals surface area (Å²) in [5, 5.41) is 10.6. The van der Waals surface area contributed by atoms with Gasteiger partial charge < -0.3 is 15.5 Å². The first kappa shape index (κ1) is 18.7. The molecule has 2 N–H and O–H groups in total. The smallest absolute Gasteiger partial charge is 0.250 e. The number of hydrogen-bond donors (Lipinski definition) is 2. The number of halogens is 1. The van der Waals surface area contributed by atoms with Crippen molar-refractivity contribution in [1.82, 2.24) is 25.3 Å². The van der Waals surface area contributed by atoms with Gasteiger partial charge in [-0.05, 0) is 44.8 Å². The van der Waals surface area contributed by atoms with Gasteiger partial charge in [0.25, 0.3) is 5.91 Å². The van der Waals surface area contributed by atoms with Gasteiger partial charge in [-0.15, -0.1) is 12.4 Å². The highest BCUT2D eigenvalue weighted by molar-refractivity contribution is 5.85. The molecule has 3 rings (SSSR count). The van der Waals surface area contributed by atoms with Gasteiger partial charge in [0.2, 0.25) is 5.91 Å². The molecule has 0 aromatic carbocycles. The van der Waals surface area contributed by atoms with E-state index in [1.807, 2.05) is 21.8 Å². The minimum Gasteiger partial charge on any atom is -0.352 e. The molecule has 1 atom stereocenters. The van der Waals surface area contributed by atoms with Gasteiger partial charge in [0, 0.05) is 38.4 Å². The molecule has 0 spiro atoms. The fourth-order valence-electron chi connectivity index (χ4n) is 3.76. The third-order valence-electron chi connectivity index (χ3n) is 4.89. The quantitative estimate of drug-likeness (QED) is 0.828. The number of piperidine rings is 2. The maximum atomic E-state index is 13.3. The van der Waals surface area contributed by atoms with Gasteiger partial charge in [-0.2, -0.15) is 5.10 Å². The van der Waals surface area contributed by atoms with Gasteiger partial charge in [0.1, 0.15) is 5.54 Å². The van der Waals surface area contributed by atoms with Crippen LogP contribution in [0.1, 0.15) is 32.6 Å². The topological polar surface area (TPSA) is 79.3 Å². The van der Waals surface area contributed by atoms with Crippen molar-refractivity contribution in [1.29, 1.82) is 0 Å². The number of rotatable bonds is 3. The molecule has 2 aliphatic rings. The van der Waals surface area contributed by atoms with E-state index < -0.39 is 5.54 Å². The Morgan fingerprint density at radius 3 is 2.71 bits per heavy atom. The number of carbonyl (C=O) groups excluding carboxylic acids is 2. The van der Waals surface area contributed by atoms with Crippen LogP contribution in [0.3, 0.4) is 0 Å². The van der Waals surface area contributed by atoms with Gasteiger partial charge in [0.05, 0.1) is 0 Å². The zero-order valence-corrected chi connectivity index (χ0v) is 14.8. The molecule has 7 nitrogen and oxygen atoms in total. The highest BCUT2D eigenvalue weighted by atomic mass is 35.5. The third kappa shape index (κ3) is 3.72. The Morgan fingerprint density at radius 1 is 1.33 bits per heavy atom. The van der Waals surface area contributed by atoms with E-state index in [9.17, 15) is 9.59 Å². The molecule has 2 amide bonds. The summed E-state index contributed by atoms with van der Waals surface area (Å²) in [6, 6.07) is 1.93. The summed E-state index contributed by atoms with van der Waals surface area (Å²) in [5.74, 6) is 0.103. The van der Waals surface area contributed by atoms with Crippen molar-refractivity contribution < 1.29 is 9.59 Å². The maximum absolute atomic E-state index is 13.3. The molecule has 0 aliphatic carbocycles. The van der Waals surface area contributed by atoms with Crippen LogP contribution in [0.5, 0.6) is 0 Å². The van der Waals surface area contributed by atoms with Gasteiger partial charge in [0.15, 0.2) is 0 Å². The minimum absolute atomic E-state index is 0. The van der Waals surface area contributed by atoms with Crippen molar-refractivity contribution in [2.75, 3.05) is 26.2 Å². The van der Waals surface area contributed by atoms with Crippen molar-refractivity contribution in [2.24, 2.45) is 0 Å². The van der Waals surface area contributed by atoms with Crippen LogP contribution in [0.2, 0.25) is 0 Å². The lowest BCUT2D eigenvalue weighted by molar-refractivity contribution is -0.145. The summed E-state index contributed by atoms with van der Waals surface area (Å²) < 4.78 is 1.83. The van der Waals surface area contributed by atoms with Gasteiger partial charge in [-0.25, -0.2) is 0 Å². The fourth-order valence-corrected chi connectivity index (χ4v) is 3.76. The lowest BCUT2D eigenvalue weighted by Crippen LogP contribution is -2.59. The summed E-state index contributed by atoms with van der Waals surface area (Å²) in [6.45, 7) is 4.50. The lowest BCUT2D eigenvalue weighted by Gasteiger charge is -2.42. The molecule has 2 fully saturated rings. The van der Waals surface area contributed by atoms with E-state index in [0.717, 1.165) is 45.3 Å². The first-order chi connectivity index (χ1) is 11.1. The molecule has 134 valence electrons. The predicted octanol–water partition coefficient (Wildman–Crippen LogP) is 0.511. The molecule has 1 aromatic rings.